The number of ether oxygens (including phenoxy) is 1. The number of likely N-dealkylation sites (N-methyl/N-ethyl adjacent to an activating group) is 1. The van der Waals surface area contributed by atoms with E-state index in [-0.39, 0.29) is 34.1 Å². The number of rotatable bonds is 9. The van der Waals surface area contributed by atoms with Gasteiger partial charge in [-0.1, -0.05) is 12.5 Å². The zero-order valence-electron chi connectivity index (χ0n) is 23.9. The second-order valence-electron chi connectivity index (χ2n) is 11.0. The third-order valence-electron chi connectivity index (χ3n) is 7.90. The quantitative estimate of drug-likeness (QED) is 0.257. The van der Waals surface area contributed by atoms with Crippen molar-refractivity contribution in [3.8, 4) is 17.0 Å². The number of nitrogens with one attached hydrogen (secondary N) is 1. The lowest BCUT2D eigenvalue weighted by Gasteiger charge is -2.37. The lowest BCUT2D eigenvalue weighted by molar-refractivity contribution is -0.125. The van der Waals surface area contributed by atoms with Crippen LogP contribution < -0.4 is 14.4 Å². The third-order valence-corrected chi connectivity index (χ3v) is 10.6. The van der Waals surface area contributed by atoms with E-state index in [1.807, 2.05) is 39.3 Å². The molecule has 1 N–H and O–H groups in total. The summed E-state index contributed by atoms with van der Waals surface area (Å²) < 4.78 is 39.3. The van der Waals surface area contributed by atoms with E-state index in [1.54, 1.807) is 30.3 Å². The van der Waals surface area contributed by atoms with Gasteiger partial charge in [-0.2, -0.15) is 4.37 Å². The number of carbonyl (C=O) groups is 1. The molecule has 0 atom stereocenters. The molecule has 10 nitrogen and oxygen atoms in total. The summed E-state index contributed by atoms with van der Waals surface area (Å²) >= 11 is 0.922. The average molecular weight is 629 g/mol. The lowest BCUT2D eigenvalue weighted by atomic mass is 9.64. The van der Waals surface area contributed by atoms with E-state index in [4.69, 9.17) is 4.74 Å². The predicted octanol–water partition coefficient (Wildman–Crippen LogP) is 5.01. The van der Waals surface area contributed by atoms with Crippen LogP contribution in [0, 0.1) is 6.92 Å². The van der Waals surface area contributed by atoms with Crippen LogP contribution in [0.15, 0.2) is 46.9 Å². The molecule has 1 aliphatic carbocycles. The van der Waals surface area contributed by atoms with Crippen LogP contribution in [-0.2, 0) is 20.2 Å². The molecule has 0 saturated heterocycles. The summed E-state index contributed by atoms with van der Waals surface area (Å²) in [5.74, 6) is 0.340. The Morgan fingerprint density at radius 3 is 2.57 bits per heavy atom. The summed E-state index contributed by atoms with van der Waals surface area (Å²) in [7, 11) is 1.89. The van der Waals surface area contributed by atoms with Gasteiger partial charge in [0.1, 0.15) is 5.69 Å². The molecule has 222 valence electrons. The molecule has 0 unspecified atom stereocenters. The summed E-state index contributed by atoms with van der Waals surface area (Å²) in [6, 6.07) is 9.19. The normalized spacial score (nSPS) is 15.5. The van der Waals surface area contributed by atoms with Gasteiger partial charge in [0.25, 0.3) is 10.0 Å². The minimum absolute atomic E-state index is 0. The Balaban J connectivity index is 0.00000353. The second-order valence-corrected chi connectivity index (χ2v) is 13.7. The van der Waals surface area contributed by atoms with Gasteiger partial charge in [0.15, 0.2) is 4.21 Å². The Hall–Kier alpha value is -3.32. The minimum Gasteiger partial charge on any atom is -0.476 e. The van der Waals surface area contributed by atoms with Crippen LogP contribution in [-0.4, -0.2) is 67.9 Å². The summed E-state index contributed by atoms with van der Waals surface area (Å²) in [6.07, 6.45) is 6.91. The molecule has 6 rings (SSSR count). The van der Waals surface area contributed by atoms with E-state index in [1.165, 1.54) is 6.07 Å². The molecule has 0 radical (unpaired) electrons. The van der Waals surface area contributed by atoms with Gasteiger partial charge in [-0.3, -0.25) is 14.5 Å². The maximum atomic E-state index is 13.2. The topological polar surface area (TPSA) is 118 Å². The van der Waals surface area contributed by atoms with Gasteiger partial charge in [0.05, 0.1) is 35.1 Å². The SMILES string of the molecule is Cc1cc(S(=O)(=O)Nc2cc(-c3ccc4ncc5c(c4c3)C3(CCC3)C(=O)N5C)cnc2OCCCN(C)C)sn1.Cl. The summed E-state index contributed by atoms with van der Waals surface area (Å²) in [5.41, 5.74) is 4.66. The van der Waals surface area contributed by atoms with Crippen molar-refractivity contribution < 1.29 is 17.9 Å². The first-order chi connectivity index (χ1) is 19.6. The van der Waals surface area contributed by atoms with Gasteiger partial charge in [-0.25, -0.2) is 13.4 Å². The van der Waals surface area contributed by atoms with Gasteiger partial charge in [-0.05, 0) is 81.6 Å². The molecule has 1 saturated carbocycles. The first-order valence-corrected chi connectivity index (χ1v) is 15.8. The molecule has 1 amide bonds. The first-order valence-electron chi connectivity index (χ1n) is 13.5. The first kappa shape index (κ1) is 30.1. The van der Waals surface area contributed by atoms with E-state index in [0.717, 1.165) is 71.5 Å². The molecule has 4 heterocycles. The molecule has 1 spiro atoms. The van der Waals surface area contributed by atoms with Crippen LogP contribution in [0.4, 0.5) is 11.4 Å². The highest BCUT2D eigenvalue weighted by atomic mass is 35.5. The summed E-state index contributed by atoms with van der Waals surface area (Å²) in [6.45, 7) is 2.96. The molecule has 3 aromatic heterocycles. The molecule has 1 aliphatic heterocycles. The molecule has 13 heteroatoms. The van der Waals surface area contributed by atoms with Crippen LogP contribution in [0.2, 0.25) is 0 Å². The fraction of sp³-hybridized carbons (Fsp3) is 0.379. The van der Waals surface area contributed by atoms with Crippen LogP contribution in [0.25, 0.3) is 22.0 Å². The van der Waals surface area contributed by atoms with Gasteiger partial charge < -0.3 is 14.5 Å². The number of hydrogen-bond donors (Lipinski definition) is 1. The number of pyridine rings is 2. The predicted molar refractivity (Wildman–Crippen MR) is 167 cm³/mol. The zero-order valence-corrected chi connectivity index (χ0v) is 26.3. The monoisotopic (exact) mass is 628 g/mol. The standard InChI is InChI=1S/C29H32N6O4S2.ClH/c1-18-13-25(40-32-18)41(37,38)33-23-15-20(16-31-27(23)39-12-6-11-34(2)3)19-7-8-22-21(14-19)26-24(17-30-22)35(4)28(36)29(26)9-5-10-29;/h7-8,13-17,33H,5-6,9-12H2,1-4H3;1H. The number of hydrogen-bond acceptors (Lipinski definition) is 9. The van der Waals surface area contributed by atoms with Crippen molar-refractivity contribution in [2.75, 3.05) is 43.9 Å². The highest BCUT2D eigenvalue weighted by Crippen LogP contribution is 2.55. The number of halogens is 1. The van der Waals surface area contributed by atoms with E-state index in [0.29, 0.717) is 17.9 Å². The molecule has 4 aromatic rings. The maximum Gasteiger partial charge on any atom is 0.273 e. The van der Waals surface area contributed by atoms with Crippen LogP contribution in [0.5, 0.6) is 5.88 Å². The Kier molecular flexibility index (Phi) is 8.18. The molecule has 42 heavy (non-hydrogen) atoms. The molecule has 0 bridgehead atoms. The molecule has 2 aliphatic rings. The number of carbonyl (C=O) groups excluding carboxylic acids is 1. The number of amides is 1. The number of aromatic nitrogens is 3. The fourth-order valence-corrected chi connectivity index (χ4v) is 7.66. The second kappa shape index (κ2) is 11.4. The van der Waals surface area contributed by atoms with Crippen molar-refractivity contribution in [2.24, 2.45) is 0 Å². The molecule has 1 aromatic carbocycles. The van der Waals surface area contributed by atoms with Gasteiger partial charge in [-0.15, -0.1) is 12.4 Å². The Bertz CT molecular complexity index is 1770. The third kappa shape index (κ3) is 5.21. The van der Waals surface area contributed by atoms with Crippen LogP contribution in [0.1, 0.15) is 36.9 Å². The molecular weight excluding hydrogens is 596 g/mol. The van der Waals surface area contributed by atoms with E-state index < -0.39 is 15.4 Å². The van der Waals surface area contributed by atoms with Crippen molar-refractivity contribution in [1.82, 2.24) is 19.2 Å². The van der Waals surface area contributed by atoms with E-state index >= 15 is 0 Å². The largest absolute Gasteiger partial charge is 0.476 e. The summed E-state index contributed by atoms with van der Waals surface area (Å²) in [4.78, 5) is 26.2. The van der Waals surface area contributed by atoms with Crippen LogP contribution in [0.3, 0.4) is 0 Å². The minimum atomic E-state index is -3.90. The number of fused-ring (bicyclic) bond motifs is 4. The average Bonchev–Trinajstić information content (AvgIpc) is 3.46. The van der Waals surface area contributed by atoms with Gasteiger partial charge in [0, 0.05) is 36.3 Å². The highest BCUT2D eigenvalue weighted by Gasteiger charge is 2.54. The number of benzene rings is 1. The number of anilines is 2. The summed E-state index contributed by atoms with van der Waals surface area (Å²) in [5, 5.41) is 0.934. The van der Waals surface area contributed by atoms with Crippen molar-refractivity contribution in [1.29, 1.82) is 0 Å². The number of nitrogens with zero attached hydrogens (tertiary/aromatic N) is 5. The maximum absolute atomic E-state index is 13.2. The van der Waals surface area contributed by atoms with Gasteiger partial charge >= 0.3 is 0 Å². The van der Waals surface area contributed by atoms with Crippen molar-refractivity contribution in [3.63, 3.8) is 0 Å². The van der Waals surface area contributed by atoms with Crippen molar-refractivity contribution in [3.05, 3.63) is 54.0 Å². The highest BCUT2D eigenvalue weighted by molar-refractivity contribution is 7.94. The molecular formula is C29H33ClN6O4S2. The van der Waals surface area contributed by atoms with E-state index in [2.05, 4.69) is 24.0 Å². The zero-order chi connectivity index (χ0) is 28.9. The molecule has 1 fully saturated rings. The number of sulfonamides is 1. The van der Waals surface area contributed by atoms with Crippen LogP contribution >= 0.6 is 23.9 Å². The Morgan fingerprint density at radius 1 is 1.12 bits per heavy atom. The van der Waals surface area contributed by atoms with Crippen molar-refractivity contribution >= 4 is 62.1 Å². The smallest absolute Gasteiger partial charge is 0.273 e. The lowest BCUT2D eigenvalue weighted by Crippen LogP contribution is -2.43. The van der Waals surface area contributed by atoms with Gasteiger partial charge in [0.2, 0.25) is 11.8 Å². The fourth-order valence-electron chi connectivity index (χ4n) is 5.66. The Morgan fingerprint density at radius 2 is 1.90 bits per heavy atom. The van der Waals surface area contributed by atoms with Crippen molar-refractivity contribution in [2.45, 2.75) is 42.2 Å². The van der Waals surface area contributed by atoms with E-state index in [9.17, 15) is 13.2 Å². The number of aryl methyl sites for hydroxylation is 1. The Labute approximate surface area is 255 Å².